The van der Waals surface area contributed by atoms with Crippen molar-refractivity contribution >= 4 is 145 Å². The number of furan rings is 1. The normalized spacial score (nSPS) is 13.5. The van der Waals surface area contributed by atoms with E-state index in [1.165, 1.54) is 98.8 Å². The van der Waals surface area contributed by atoms with Crippen molar-refractivity contribution in [2.75, 3.05) is 9.80 Å². The standard InChI is InChI=1S/C114H104BN5O/c1-109(2,3)73-42-52-93-86(63-73)87-64-74(110(4,5)6)43-53-94(87)117(93)80-46-50-90-98(67-80)119(107-82(69-32-22-19-23-33-69)48-56-97-104(107)84-38-28-30-40-92(84)116(97)79-36-26-21-27-37-79)100-60-72(71-58-77(113(13,14)15)62-78(59-71)114(16,17)18)61-101-106(100)115(90)91-51-47-81(118-95-54-44-75(111(7,8)9)65-88(95)89-66-76(112(10,11)12)45-55-96(89)118)68-99(91)120(101)108-83(70-34-24-20-25-35-70)49-57-103-105(108)85-39-29-31-41-102(85)121-103/h19-68H,1-18H3. The monoisotopic (exact) mass is 1570 g/mol. The lowest BCUT2D eigenvalue weighted by Gasteiger charge is -2.45. The van der Waals surface area contributed by atoms with Crippen LogP contribution in [0, 0.1) is 0 Å². The van der Waals surface area contributed by atoms with Gasteiger partial charge < -0.3 is 27.9 Å². The molecule has 0 N–H and O–H groups in total. The average Bonchev–Trinajstić information content (AvgIpc) is 1.51. The molecule has 121 heavy (non-hydrogen) atoms. The molecule has 0 fully saturated rings. The Labute approximate surface area is 712 Å². The molecule has 6 nitrogen and oxygen atoms in total. The molecule has 6 heterocycles. The summed E-state index contributed by atoms with van der Waals surface area (Å²) in [6, 6.07) is 117. The zero-order valence-electron chi connectivity index (χ0n) is 73.1. The Hall–Kier alpha value is -12.8. The molecule has 15 aromatic carbocycles. The third kappa shape index (κ3) is 12.1. The van der Waals surface area contributed by atoms with E-state index < -0.39 is 0 Å². The molecule has 0 atom stereocenters. The smallest absolute Gasteiger partial charge is 0.252 e. The number of fused-ring (bicyclic) bond motifs is 16. The molecule has 0 radical (unpaired) electrons. The minimum Gasteiger partial charge on any atom is -0.456 e. The Morgan fingerprint density at radius 1 is 0.231 bits per heavy atom. The van der Waals surface area contributed by atoms with Gasteiger partial charge in [-0.15, -0.1) is 0 Å². The first-order valence-electron chi connectivity index (χ1n) is 43.4. The summed E-state index contributed by atoms with van der Waals surface area (Å²) in [7, 11) is 0. The number of hydrogen-bond donors (Lipinski definition) is 0. The molecular formula is C114H104BN5O. The van der Waals surface area contributed by atoms with Gasteiger partial charge in [-0.05, 0) is 232 Å². The van der Waals surface area contributed by atoms with Gasteiger partial charge in [0.05, 0.1) is 49.9 Å². The summed E-state index contributed by atoms with van der Waals surface area (Å²) in [5.41, 5.74) is 35.8. The second kappa shape index (κ2) is 26.8. The molecule has 0 saturated heterocycles. The van der Waals surface area contributed by atoms with Crippen LogP contribution in [0.3, 0.4) is 0 Å². The first-order valence-corrected chi connectivity index (χ1v) is 43.4. The quantitative estimate of drug-likeness (QED) is 0.142. The van der Waals surface area contributed by atoms with Gasteiger partial charge in [0.25, 0.3) is 6.71 Å². The number of hydrogen-bond acceptors (Lipinski definition) is 3. The van der Waals surface area contributed by atoms with Crippen LogP contribution in [0.1, 0.15) is 158 Å². The molecule has 2 aliphatic rings. The Kier molecular flexibility index (Phi) is 16.8. The Balaban J connectivity index is 0.974. The van der Waals surface area contributed by atoms with Gasteiger partial charge in [0.2, 0.25) is 0 Å². The van der Waals surface area contributed by atoms with E-state index in [9.17, 15) is 0 Å². The fourth-order valence-electron chi connectivity index (χ4n) is 19.9. The van der Waals surface area contributed by atoms with Crippen molar-refractivity contribution in [1.29, 1.82) is 0 Å². The van der Waals surface area contributed by atoms with Gasteiger partial charge in [-0.2, -0.15) is 0 Å². The highest BCUT2D eigenvalue weighted by molar-refractivity contribution is 7.00. The number of anilines is 6. The number of para-hydroxylation sites is 3. The molecule has 0 bridgehead atoms. The van der Waals surface area contributed by atoms with E-state index in [1.807, 2.05) is 0 Å². The summed E-state index contributed by atoms with van der Waals surface area (Å²) in [5.74, 6) is 0. The van der Waals surface area contributed by atoms with Crippen LogP contribution >= 0.6 is 0 Å². The van der Waals surface area contributed by atoms with Gasteiger partial charge >= 0.3 is 0 Å². The van der Waals surface area contributed by atoms with Crippen LogP contribution in [0.25, 0.3) is 138 Å². The fraction of sp³-hybridized carbons (Fsp3) is 0.211. The molecule has 4 aromatic heterocycles. The van der Waals surface area contributed by atoms with Gasteiger partial charge in [-0.3, -0.25) is 0 Å². The molecule has 594 valence electrons. The van der Waals surface area contributed by atoms with Crippen molar-refractivity contribution in [3.05, 3.63) is 337 Å². The number of nitrogens with zero attached hydrogens (tertiary/aromatic N) is 5. The van der Waals surface area contributed by atoms with Crippen LogP contribution in [0.15, 0.2) is 308 Å². The van der Waals surface area contributed by atoms with Crippen molar-refractivity contribution in [1.82, 2.24) is 13.7 Å². The van der Waals surface area contributed by atoms with Crippen molar-refractivity contribution in [3.8, 4) is 50.4 Å². The van der Waals surface area contributed by atoms with Crippen LogP contribution in [0.2, 0.25) is 0 Å². The first kappa shape index (κ1) is 75.6. The summed E-state index contributed by atoms with van der Waals surface area (Å²) >= 11 is 0. The predicted octanol–water partition coefficient (Wildman–Crippen LogP) is 29.7. The second-order valence-corrected chi connectivity index (χ2v) is 40.6. The fourth-order valence-corrected chi connectivity index (χ4v) is 19.9. The van der Waals surface area contributed by atoms with E-state index in [0.717, 1.165) is 123 Å². The number of aromatic nitrogens is 3. The molecule has 0 unspecified atom stereocenters. The second-order valence-electron chi connectivity index (χ2n) is 40.6. The van der Waals surface area contributed by atoms with Crippen LogP contribution in [0.4, 0.5) is 34.1 Å². The molecule has 0 spiro atoms. The Morgan fingerprint density at radius 2 is 0.595 bits per heavy atom. The van der Waals surface area contributed by atoms with Crippen LogP contribution in [-0.2, 0) is 32.5 Å². The van der Waals surface area contributed by atoms with E-state index in [0.29, 0.717) is 0 Å². The maximum absolute atomic E-state index is 7.24. The molecule has 2 aliphatic heterocycles. The highest BCUT2D eigenvalue weighted by Crippen LogP contribution is 2.57. The van der Waals surface area contributed by atoms with Gasteiger partial charge in [0.1, 0.15) is 11.2 Å². The SMILES string of the molecule is CC(C)(C)c1cc(-c2cc3c4c(c2)N(c2c(-c5ccccc5)ccc5c2c2ccccc2n5-c2ccccc2)c2cc(-n5c6ccc(C(C)(C)C)cc6c6cc(C(C)(C)C)ccc65)ccc2B4c2ccc(-n4c5ccc(C(C)(C)C)cc5c5cc(C(C)(C)C)ccc54)cc2N3c2c(-c3ccccc3)ccc3oc4ccccc4c23)cc(C(C)(C)C)c1. The molecule has 0 saturated carbocycles. The summed E-state index contributed by atoms with van der Waals surface area (Å²) in [6.07, 6.45) is 0. The topological polar surface area (TPSA) is 34.4 Å². The van der Waals surface area contributed by atoms with Gasteiger partial charge in [0, 0.05) is 88.6 Å². The van der Waals surface area contributed by atoms with Crippen LogP contribution < -0.4 is 26.2 Å². The minimum absolute atomic E-state index is 0.0855. The summed E-state index contributed by atoms with van der Waals surface area (Å²) in [4.78, 5) is 5.49. The summed E-state index contributed by atoms with van der Waals surface area (Å²) in [6.45, 7) is 42.0. The maximum Gasteiger partial charge on any atom is 0.252 e. The summed E-state index contributed by atoms with van der Waals surface area (Å²) < 4.78 is 14.9. The lowest BCUT2D eigenvalue weighted by Crippen LogP contribution is -2.61. The lowest BCUT2D eigenvalue weighted by atomic mass is 9.33. The summed E-state index contributed by atoms with van der Waals surface area (Å²) in [5, 5.41) is 9.43. The largest absolute Gasteiger partial charge is 0.456 e. The van der Waals surface area contributed by atoms with Crippen molar-refractivity contribution < 1.29 is 4.42 Å². The first-order chi connectivity index (χ1) is 57.8. The maximum atomic E-state index is 7.24. The van der Waals surface area contributed by atoms with E-state index in [4.69, 9.17) is 4.42 Å². The molecular weight excluding hydrogens is 1470 g/mol. The molecule has 7 heteroatoms. The van der Waals surface area contributed by atoms with Crippen LogP contribution in [0.5, 0.6) is 0 Å². The van der Waals surface area contributed by atoms with E-state index in [1.54, 1.807) is 0 Å². The predicted molar refractivity (Wildman–Crippen MR) is 519 cm³/mol. The minimum atomic E-state index is -0.333. The van der Waals surface area contributed by atoms with Crippen molar-refractivity contribution in [2.24, 2.45) is 0 Å². The van der Waals surface area contributed by atoms with Crippen molar-refractivity contribution in [3.63, 3.8) is 0 Å². The number of rotatable bonds is 8. The zero-order chi connectivity index (χ0) is 83.6. The molecule has 19 aromatic rings. The van der Waals surface area contributed by atoms with Crippen LogP contribution in [-0.4, -0.2) is 20.4 Å². The number of benzene rings is 15. The molecule has 0 aliphatic carbocycles. The lowest BCUT2D eigenvalue weighted by molar-refractivity contribution is 0.569. The molecule has 21 rings (SSSR count). The van der Waals surface area contributed by atoms with Gasteiger partial charge in [0.15, 0.2) is 0 Å². The Bertz CT molecular complexity index is 7330. The van der Waals surface area contributed by atoms with Gasteiger partial charge in [-0.1, -0.05) is 301 Å². The highest BCUT2D eigenvalue weighted by Gasteiger charge is 2.47. The van der Waals surface area contributed by atoms with E-state index in [2.05, 4.69) is 451 Å². The molecule has 0 amide bonds. The third-order valence-corrected chi connectivity index (χ3v) is 26.5. The van der Waals surface area contributed by atoms with Gasteiger partial charge in [-0.25, -0.2) is 0 Å². The van der Waals surface area contributed by atoms with E-state index >= 15 is 0 Å². The van der Waals surface area contributed by atoms with E-state index in [-0.39, 0.29) is 39.2 Å². The average molecular weight is 1570 g/mol. The van der Waals surface area contributed by atoms with Crippen molar-refractivity contribution in [2.45, 2.75) is 157 Å². The Morgan fingerprint density at radius 3 is 1.04 bits per heavy atom. The third-order valence-electron chi connectivity index (χ3n) is 26.5. The zero-order valence-corrected chi connectivity index (χ0v) is 73.1. The highest BCUT2D eigenvalue weighted by atomic mass is 16.3.